The summed E-state index contributed by atoms with van der Waals surface area (Å²) < 4.78 is 9.69. The van der Waals surface area contributed by atoms with Crippen molar-refractivity contribution in [2.75, 3.05) is 0 Å². The molecule has 0 aromatic heterocycles. The van der Waals surface area contributed by atoms with Gasteiger partial charge in [-0.2, -0.15) is 0 Å². The predicted molar refractivity (Wildman–Crippen MR) is 16.6 cm³/mol. The summed E-state index contributed by atoms with van der Waals surface area (Å²) in [4.78, 5) is 0. The van der Waals surface area contributed by atoms with E-state index in [0.29, 0.717) is 0 Å². The second-order valence-electron chi connectivity index (χ2n) is 0. The summed E-state index contributed by atoms with van der Waals surface area (Å²) in [6.07, 6.45) is 0. The first-order valence-electron chi connectivity index (χ1n) is 0.636. The molecule has 0 radical (unpaired) electrons. The van der Waals surface area contributed by atoms with Crippen molar-refractivity contribution in [2.45, 2.75) is 0 Å². The average molecular weight is 272 g/mol. The van der Waals surface area contributed by atoms with E-state index in [-0.39, 0.29) is 0 Å². The van der Waals surface area contributed by atoms with Crippen LogP contribution in [0.2, 0.25) is 0 Å². The Morgan fingerprint density at radius 1 is 1.50 bits per heavy atom. The zero-order chi connectivity index (χ0) is 4.00. The fraction of sp³-hybridized carbons (Fsp3) is 0. The van der Waals surface area contributed by atoms with Gasteiger partial charge in [0.1, 0.15) is 0 Å². The van der Waals surface area contributed by atoms with Crippen molar-refractivity contribution < 1.29 is 20.3 Å². The summed E-state index contributed by atoms with van der Waals surface area (Å²) >= 11 is 0.924. The second kappa shape index (κ2) is 17.2. The third-order valence-electron chi connectivity index (χ3n) is 0. The molecule has 0 saturated carbocycles. The summed E-state index contributed by atoms with van der Waals surface area (Å²) in [5.74, 6) is 0. The molecule has 0 N–H and O–H groups in total. The van der Waals surface area contributed by atoms with E-state index in [4.69, 9.17) is 0 Å². The van der Waals surface area contributed by atoms with Gasteiger partial charge in [-0.15, -0.1) is 0 Å². The molecule has 4 heteroatoms. The van der Waals surface area contributed by atoms with Crippen LogP contribution in [0, 0.1) is 0 Å². The third kappa shape index (κ3) is 8.83. The monoisotopic (exact) mass is 272 g/mol. The van der Waals surface area contributed by atoms with E-state index in [1.165, 1.54) is 20.5 Å². The van der Waals surface area contributed by atoms with Gasteiger partial charge in [-0.3, -0.25) is 0 Å². The predicted octanol–water partition coefficient (Wildman–Crippen LogP) is 0.363. The van der Waals surface area contributed by atoms with Gasteiger partial charge in [0.25, 0.3) is 0 Å². The molecule has 0 bridgehead atoms. The maximum atomic E-state index is 9.69. The van der Waals surface area contributed by atoms with Crippen LogP contribution in [0.25, 0.3) is 0 Å². The van der Waals surface area contributed by atoms with Gasteiger partial charge in [-0.25, -0.2) is 0 Å². The minimum atomic E-state index is -0.438. The van der Waals surface area contributed by atoms with Gasteiger partial charge in [0.05, 0.1) is 0 Å². The van der Waals surface area contributed by atoms with Gasteiger partial charge < -0.3 is 0 Å². The Morgan fingerprint density at radius 2 is 1.50 bits per heavy atom. The van der Waals surface area contributed by atoms with Crippen LogP contribution in [0.1, 0.15) is 0 Å². The van der Waals surface area contributed by atoms with E-state index in [1.807, 2.05) is 0 Å². The Labute approximate surface area is 75.4 Å². The SMILES string of the molecule is [F][K].[PH2][Ta]. The Morgan fingerprint density at radius 3 is 1.50 bits per heavy atom. The standard InChI is InChI=1S/FH.K.H2P.Ta/h1H;;1H2;/q;+1;-1;+1/p-1. The average Bonchev–Trinajstić information content (AvgIpc) is 1.50. The first kappa shape index (κ1) is 9.88. The molecular formula is H2FKPTa. The van der Waals surface area contributed by atoms with Crippen LogP contribution < -0.4 is 0 Å². The Bertz CT molecular complexity index is 8.00. The van der Waals surface area contributed by atoms with Crippen LogP contribution in [0.3, 0.4) is 0 Å². The minimum absolute atomic E-state index is 0.438. The van der Waals surface area contributed by atoms with E-state index in [9.17, 15) is -0.211 Å². The molecule has 0 amide bonds. The van der Waals surface area contributed by atoms with Gasteiger partial charge in [-0.1, -0.05) is 0 Å². The maximum absolute atomic E-state index is 9.69. The molecule has 0 fully saturated rings. The number of halogens is 1. The third-order valence-corrected chi connectivity index (χ3v) is 0. The van der Waals surface area contributed by atoms with Crippen LogP contribution in [-0.4, -0.2) is 49.9 Å². The van der Waals surface area contributed by atoms with Crippen LogP contribution >= 0.6 is 7.13 Å². The summed E-state index contributed by atoms with van der Waals surface area (Å²) in [6, 6.07) is 0. The molecule has 20 valence electrons. The van der Waals surface area contributed by atoms with E-state index in [1.54, 1.807) is 0 Å². The molecule has 0 aromatic rings. The van der Waals surface area contributed by atoms with Gasteiger partial charge in [0, 0.05) is 0 Å². The first-order valence-corrected chi connectivity index (χ1v) is 7.90. The van der Waals surface area contributed by atoms with Crippen LogP contribution in [0.5, 0.6) is 0 Å². The van der Waals surface area contributed by atoms with Gasteiger partial charge in [0.15, 0.2) is 0 Å². The normalized spacial score (nSPS) is 3.00. The quantitative estimate of drug-likeness (QED) is 0.441. The molecule has 1 unspecified atom stereocenters. The van der Waals surface area contributed by atoms with Crippen molar-refractivity contribution in [1.29, 1.82) is 0 Å². The van der Waals surface area contributed by atoms with Gasteiger partial charge in [0.2, 0.25) is 0 Å². The molecular weight excluding hydrogens is 270 g/mol. The van der Waals surface area contributed by atoms with Gasteiger partial charge >= 0.3 is 77.4 Å². The summed E-state index contributed by atoms with van der Waals surface area (Å²) in [6.45, 7) is 0. The number of hydrogen-bond donors (Lipinski definition) is 0. The van der Waals surface area contributed by atoms with Crippen molar-refractivity contribution >= 4 is 57.0 Å². The van der Waals surface area contributed by atoms with E-state index >= 15 is 0 Å². The number of hydrogen-bond acceptors (Lipinski definition) is 0. The summed E-state index contributed by atoms with van der Waals surface area (Å²) in [7, 11) is 2.53. The van der Waals surface area contributed by atoms with Crippen LogP contribution in [-0.2, 0) is 20.5 Å². The fourth-order valence-electron chi connectivity index (χ4n) is 0. The second-order valence-corrected chi connectivity index (χ2v) is 0. The van der Waals surface area contributed by atoms with Crippen LogP contribution in [0.15, 0.2) is 0 Å². The van der Waals surface area contributed by atoms with E-state index < -0.39 is 49.9 Å². The molecule has 4 heavy (non-hydrogen) atoms. The number of rotatable bonds is 0. The molecule has 0 rings (SSSR count). The molecule has 0 heterocycles. The summed E-state index contributed by atoms with van der Waals surface area (Å²) in [5.41, 5.74) is 0. The van der Waals surface area contributed by atoms with Crippen molar-refractivity contribution in [1.82, 2.24) is 0 Å². The van der Waals surface area contributed by atoms with Crippen molar-refractivity contribution in [3.05, 3.63) is 0 Å². The zero-order valence-electron chi connectivity index (χ0n) is 2.40. The first-order chi connectivity index (χ1) is 2.00. The van der Waals surface area contributed by atoms with Gasteiger partial charge in [-0.05, 0) is 0 Å². The van der Waals surface area contributed by atoms with Crippen molar-refractivity contribution in [3.63, 3.8) is 0 Å². The van der Waals surface area contributed by atoms with Crippen LogP contribution in [0.4, 0.5) is -0.211 Å². The zero-order valence-corrected chi connectivity index (χ0v) is 9.89. The Kier molecular flexibility index (Phi) is 42.5. The molecule has 0 saturated heterocycles. The molecule has 0 aromatic carbocycles. The molecule has 0 nitrogen and oxygen atoms in total. The topological polar surface area (TPSA) is 0 Å². The molecule has 0 aliphatic carbocycles. The van der Waals surface area contributed by atoms with Crippen molar-refractivity contribution in [3.8, 4) is 0 Å². The molecule has 0 aliphatic rings. The molecule has 1 atom stereocenters. The Balaban J connectivity index is 0. The molecule has 0 aliphatic heterocycles. The van der Waals surface area contributed by atoms with Crippen molar-refractivity contribution in [2.24, 2.45) is 0 Å². The summed E-state index contributed by atoms with van der Waals surface area (Å²) in [5, 5.41) is 0. The fourth-order valence-corrected chi connectivity index (χ4v) is 0. The Hall–Kier alpha value is 2.74. The van der Waals surface area contributed by atoms with E-state index in [0.717, 1.165) is 0 Å². The van der Waals surface area contributed by atoms with E-state index in [2.05, 4.69) is 7.13 Å². The molecule has 0 spiro atoms.